The van der Waals surface area contributed by atoms with Crippen molar-refractivity contribution < 1.29 is 9.90 Å². The van der Waals surface area contributed by atoms with Crippen LogP contribution in [0, 0.1) is 0 Å². The minimum absolute atomic E-state index is 0.163. The third kappa shape index (κ3) is 2.82. The van der Waals surface area contributed by atoms with E-state index < -0.39 is 0 Å². The van der Waals surface area contributed by atoms with Crippen molar-refractivity contribution in [2.24, 2.45) is 0 Å². The Balaban J connectivity index is 2.16. The molecule has 1 amide bonds. The highest BCUT2D eigenvalue weighted by atomic mass is 16.3. The van der Waals surface area contributed by atoms with E-state index in [0.717, 1.165) is 5.56 Å². The van der Waals surface area contributed by atoms with E-state index in [-0.39, 0.29) is 28.9 Å². The van der Waals surface area contributed by atoms with Crippen molar-refractivity contribution in [2.75, 3.05) is 5.73 Å². The lowest BCUT2D eigenvalue weighted by Crippen LogP contribution is -2.26. The number of carbonyl (C=O) groups is 1. The van der Waals surface area contributed by atoms with Gasteiger partial charge in [-0.15, -0.1) is 0 Å². The molecule has 0 spiro atoms. The molecule has 0 aliphatic carbocycles. The summed E-state index contributed by atoms with van der Waals surface area (Å²) < 4.78 is 0. The number of nitrogens with one attached hydrogen (secondary N) is 1. The number of para-hydroxylation sites is 1. The van der Waals surface area contributed by atoms with Gasteiger partial charge in [-0.2, -0.15) is 0 Å². The molecule has 0 saturated carbocycles. The van der Waals surface area contributed by atoms with Crippen molar-refractivity contribution in [3.63, 3.8) is 0 Å². The summed E-state index contributed by atoms with van der Waals surface area (Å²) in [6, 6.07) is 8.15. The predicted octanol–water partition coefficient (Wildman–Crippen LogP) is 1.86. The van der Waals surface area contributed by atoms with Crippen LogP contribution in [-0.2, 0) is 0 Å². The first-order chi connectivity index (χ1) is 9.09. The SMILES string of the molecule is CC(NC(=O)c1cccc(N)c1O)c1cccnc1. The van der Waals surface area contributed by atoms with Crippen LogP contribution in [0.3, 0.4) is 0 Å². The highest BCUT2D eigenvalue weighted by molar-refractivity contribution is 5.98. The van der Waals surface area contributed by atoms with Crippen LogP contribution < -0.4 is 11.1 Å². The van der Waals surface area contributed by atoms with E-state index in [9.17, 15) is 9.90 Å². The molecule has 5 heteroatoms. The molecule has 2 rings (SSSR count). The number of nitrogen functional groups attached to an aromatic ring is 1. The number of carbonyl (C=O) groups excluding carboxylic acids is 1. The fraction of sp³-hybridized carbons (Fsp3) is 0.143. The van der Waals surface area contributed by atoms with E-state index in [1.807, 2.05) is 13.0 Å². The van der Waals surface area contributed by atoms with E-state index in [4.69, 9.17) is 5.73 Å². The van der Waals surface area contributed by atoms with Crippen LogP contribution in [0.2, 0.25) is 0 Å². The summed E-state index contributed by atoms with van der Waals surface area (Å²) in [5, 5.41) is 12.5. The lowest BCUT2D eigenvalue weighted by molar-refractivity contribution is 0.0937. The highest BCUT2D eigenvalue weighted by Crippen LogP contribution is 2.24. The summed E-state index contributed by atoms with van der Waals surface area (Å²) in [7, 11) is 0. The summed E-state index contributed by atoms with van der Waals surface area (Å²) in [4.78, 5) is 16.1. The Bertz CT molecular complexity index is 584. The zero-order chi connectivity index (χ0) is 13.8. The number of phenolic OH excluding ortho intramolecular Hbond substituents is 1. The van der Waals surface area contributed by atoms with Gasteiger partial charge in [0.1, 0.15) is 0 Å². The first kappa shape index (κ1) is 12.9. The Kier molecular flexibility index (Phi) is 3.66. The smallest absolute Gasteiger partial charge is 0.255 e. The molecule has 2 aromatic rings. The van der Waals surface area contributed by atoms with Crippen LogP contribution in [0.5, 0.6) is 5.75 Å². The average molecular weight is 257 g/mol. The lowest BCUT2D eigenvalue weighted by atomic mass is 10.1. The summed E-state index contributed by atoms with van der Waals surface area (Å²) in [5.41, 5.74) is 6.79. The van der Waals surface area contributed by atoms with Crippen molar-refractivity contribution in [1.29, 1.82) is 0 Å². The number of hydrogen-bond donors (Lipinski definition) is 3. The third-order valence-corrected chi connectivity index (χ3v) is 2.84. The maximum Gasteiger partial charge on any atom is 0.255 e. The molecular formula is C14H15N3O2. The second kappa shape index (κ2) is 5.39. The highest BCUT2D eigenvalue weighted by Gasteiger charge is 2.15. The molecule has 1 atom stereocenters. The molecule has 0 radical (unpaired) electrons. The van der Waals surface area contributed by atoms with Crippen molar-refractivity contribution in [3.8, 4) is 5.75 Å². The predicted molar refractivity (Wildman–Crippen MR) is 72.6 cm³/mol. The van der Waals surface area contributed by atoms with Gasteiger partial charge in [0.15, 0.2) is 5.75 Å². The zero-order valence-electron chi connectivity index (χ0n) is 10.5. The van der Waals surface area contributed by atoms with Gasteiger partial charge in [0.05, 0.1) is 17.3 Å². The Morgan fingerprint density at radius 3 is 2.84 bits per heavy atom. The Morgan fingerprint density at radius 2 is 2.16 bits per heavy atom. The van der Waals surface area contributed by atoms with Crippen LogP contribution in [0.1, 0.15) is 28.9 Å². The molecule has 5 nitrogen and oxygen atoms in total. The molecule has 0 aliphatic rings. The number of benzene rings is 1. The molecule has 0 saturated heterocycles. The molecular weight excluding hydrogens is 242 g/mol. The number of rotatable bonds is 3. The fourth-order valence-corrected chi connectivity index (χ4v) is 1.73. The van der Waals surface area contributed by atoms with Gasteiger partial charge in [-0.05, 0) is 30.7 Å². The van der Waals surface area contributed by atoms with E-state index in [1.165, 1.54) is 12.1 Å². The van der Waals surface area contributed by atoms with Crippen molar-refractivity contribution >= 4 is 11.6 Å². The number of amides is 1. The van der Waals surface area contributed by atoms with E-state index in [1.54, 1.807) is 24.5 Å². The second-order valence-electron chi connectivity index (χ2n) is 4.22. The van der Waals surface area contributed by atoms with Gasteiger partial charge in [-0.1, -0.05) is 12.1 Å². The summed E-state index contributed by atoms with van der Waals surface area (Å²) >= 11 is 0. The minimum Gasteiger partial charge on any atom is -0.505 e. The first-order valence-electron chi connectivity index (χ1n) is 5.88. The molecule has 1 heterocycles. The summed E-state index contributed by atoms with van der Waals surface area (Å²) in [5.74, 6) is -0.570. The van der Waals surface area contributed by atoms with Gasteiger partial charge in [-0.25, -0.2) is 0 Å². The van der Waals surface area contributed by atoms with Crippen LogP contribution in [0.4, 0.5) is 5.69 Å². The largest absolute Gasteiger partial charge is 0.505 e. The number of aromatic nitrogens is 1. The summed E-state index contributed by atoms with van der Waals surface area (Å²) in [6.45, 7) is 1.85. The Morgan fingerprint density at radius 1 is 1.37 bits per heavy atom. The fourth-order valence-electron chi connectivity index (χ4n) is 1.73. The molecule has 0 bridgehead atoms. The quantitative estimate of drug-likeness (QED) is 0.578. The van der Waals surface area contributed by atoms with Crippen LogP contribution >= 0.6 is 0 Å². The third-order valence-electron chi connectivity index (χ3n) is 2.84. The molecule has 19 heavy (non-hydrogen) atoms. The first-order valence-corrected chi connectivity index (χ1v) is 5.88. The number of anilines is 1. The Labute approximate surface area is 111 Å². The second-order valence-corrected chi connectivity index (χ2v) is 4.22. The molecule has 1 aromatic heterocycles. The molecule has 1 unspecified atom stereocenters. The number of nitrogens with two attached hydrogens (primary N) is 1. The van der Waals surface area contributed by atoms with Gasteiger partial charge in [-0.3, -0.25) is 9.78 Å². The van der Waals surface area contributed by atoms with Crippen molar-refractivity contribution in [1.82, 2.24) is 10.3 Å². The zero-order valence-corrected chi connectivity index (χ0v) is 10.5. The lowest BCUT2D eigenvalue weighted by Gasteiger charge is -2.14. The normalized spacial score (nSPS) is 11.8. The molecule has 0 aliphatic heterocycles. The topological polar surface area (TPSA) is 88.2 Å². The summed E-state index contributed by atoms with van der Waals surface area (Å²) in [6.07, 6.45) is 3.35. The van der Waals surface area contributed by atoms with Gasteiger partial charge in [0.25, 0.3) is 5.91 Å². The molecule has 0 fully saturated rings. The van der Waals surface area contributed by atoms with Crippen LogP contribution in [-0.4, -0.2) is 16.0 Å². The van der Waals surface area contributed by atoms with Crippen molar-refractivity contribution in [3.05, 3.63) is 53.9 Å². The van der Waals surface area contributed by atoms with E-state index in [2.05, 4.69) is 10.3 Å². The number of phenols is 1. The minimum atomic E-state index is -0.374. The van der Waals surface area contributed by atoms with Crippen molar-refractivity contribution in [2.45, 2.75) is 13.0 Å². The van der Waals surface area contributed by atoms with Gasteiger partial charge in [0, 0.05) is 12.4 Å². The number of aromatic hydroxyl groups is 1. The van der Waals surface area contributed by atoms with E-state index in [0.29, 0.717) is 0 Å². The maximum atomic E-state index is 12.1. The molecule has 4 N–H and O–H groups in total. The maximum absolute atomic E-state index is 12.1. The van der Waals surface area contributed by atoms with Gasteiger partial charge in [0.2, 0.25) is 0 Å². The van der Waals surface area contributed by atoms with Gasteiger partial charge < -0.3 is 16.2 Å². The Hall–Kier alpha value is -2.56. The van der Waals surface area contributed by atoms with Gasteiger partial charge >= 0.3 is 0 Å². The molecule has 98 valence electrons. The van der Waals surface area contributed by atoms with E-state index >= 15 is 0 Å². The van der Waals surface area contributed by atoms with Crippen LogP contribution in [0.25, 0.3) is 0 Å². The monoisotopic (exact) mass is 257 g/mol. The average Bonchev–Trinajstić information content (AvgIpc) is 2.42. The molecule has 1 aromatic carbocycles. The number of hydrogen-bond acceptors (Lipinski definition) is 4. The van der Waals surface area contributed by atoms with Crippen LogP contribution in [0.15, 0.2) is 42.7 Å². The standard InChI is InChI=1S/C14H15N3O2/c1-9(10-4-3-7-16-8-10)17-14(19)11-5-2-6-12(15)13(11)18/h2-9,18H,15H2,1H3,(H,17,19). The number of pyridine rings is 1. The number of nitrogens with zero attached hydrogens (tertiary/aromatic N) is 1.